The fraction of sp³-hybridized carbons (Fsp3) is 0.448. The number of anilines is 1. The zero-order valence-electron chi connectivity index (χ0n) is 21.7. The van der Waals surface area contributed by atoms with E-state index in [0.717, 1.165) is 64.8 Å². The largest absolute Gasteiger partial charge is 0.573 e. The number of aromatic nitrogens is 2. The van der Waals surface area contributed by atoms with Gasteiger partial charge in [-0.2, -0.15) is 0 Å². The molecule has 6 nitrogen and oxygen atoms in total. The van der Waals surface area contributed by atoms with Crippen LogP contribution in [-0.4, -0.2) is 34.7 Å². The lowest BCUT2D eigenvalue weighted by Gasteiger charge is -2.38. The Balaban J connectivity index is 1.11. The van der Waals surface area contributed by atoms with Crippen molar-refractivity contribution in [3.8, 4) is 17.0 Å². The molecule has 0 unspecified atom stereocenters. The number of aryl methyl sites for hydroxylation is 1. The van der Waals surface area contributed by atoms with Crippen LogP contribution in [0.3, 0.4) is 0 Å². The van der Waals surface area contributed by atoms with E-state index in [0.29, 0.717) is 23.5 Å². The first kappa shape index (κ1) is 26.3. The van der Waals surface area contributed by atoms with Crippen LogP contribution in [0, 0.1) is 6.92 Å². The third-order valence-corrected chi connectivity index (χ3v) is 9.62. The molecule has 40 heavy (non-hydrogen) atoms. The van der Waals surface area contributed by atoms with E-state index in [1.807, 2.05) is 0 Å². The zero-order valence-corrected chi connectivity index (χ0v) is 24.1. The van der Waals surface area contributed by atoms with Crippen molar-refractivity contribution in [3.63, 3.8) is 0 Å². The molecule has 0 N–H and O–H groups in total. The van der Waals surface area contributed by atoms with Crippen molar-refractivity contribution >= 4 is 42.6 Å². The van der Waals surface area contributed by atoms with Gasteiger partial charge in [0.15, 0.2) is 5.13 Å². The average molecular weight is 635 g/mol. The summed E-state index contributed by atoms with van der Waals surface area (Å²) in [5.74, 6) is 0.653. The third kappa shape index (κ3) is 5.00. The normalized spacial score (nSPS) is 22.8. The highest BCUT2D eigenvalue weighted by Crippen LogP contribution is 2.47. The summed E-state index contributed by atoms with van der Waals surface area (Å²) in [6.07, 6.45) is 1.13. The van der Waals surface area contributed by atoms with E-state index in [1.54, 1.807) is 23.5 Å². The van der Waals surface area contributed by atoms with Crippen molar-refractivity contribution in [1.29, 1.82) is 0 Å². The van der Waals surface area contributed by atoms with Gasteiger partial charge in [0, 0.05) is 33.6 Å². The maximum Gasteiger partial charge on any atom is 0.573 e. The van der Waals surface area contributed by atoms with Crippen molar-refractivity contribution < 1.29 is 27.2 Å². The van der Waals surface area contributed by atoms with Gasteiger partial charge >= 0.3 is 6.36 Å². The van der Waals surface area contributed by atoms with Crippen molar-refractivity contribution in [2.75, 3.05) is 4.90 Å². The monoisotopic (exact) mass is 633 g/mol. The Morgan fingerprint density at radius 2 is 1.85 bits per heavy atom. The van der Waals surface area contributed by atoms with Crippen LogP contribution in [0.15, 0.2) is 45.4 Å². The Morgan fingerprint density at radius 1 is 1.10 bits per heavy atom. The summed E-state index contributed by atoms with van der Waals surface area (Å²) in [5.41, 5.74) is 3.56. The second kappa shape index (κ2) is 10.0. The number of fused-ring (bicyclic) bond motifs is 3. The topological polar surface area (TPSA) is 60.6 Å². The summed E-state index contributed by atoms with van der Waals surface area (Å²) < 4.78 is 58.1. The van der Waals surface area contributed by atoms with E-state index >= 15 is 0 Å². The first-order chi connectivity index (χ1) is 19.2. The molecule has 11 heteroatoms. The maximum absolute atomic E-state index is 13.1. The molecule has 2 bridgehead atoms. The SMILES string of the molecule is Cc1cc(Br)cc2sc(N3[C@@H]4CC[C@H]3C[C@@H](OCc3c(-c5ccccc5OC(F)(F)F)noc3C3CC3)C4)nc12. The Kier molecular flexibility index (Phi) is 6.59. The van der Waals surface area contributed by atoms with Crippen LogP contribution in [0.2, 0.25) is 0 Å². The molecule has 2 aromatic carbocycles. The quantitative estimate of drug-likeness (QED) is 0.203. The Bertz CT molecular complexity index is 1550. The molecule has 0 radical (unpaired) electrons. The van der Waals surface area contributed by atoms with Crippen LogP contribution >= 0.6 is 27.3 Å². The predicted octanol–water partition coefficient (Wildman–Crippen LogP) is 8.51. The van der Waals surface area contributed by atoms with Gasteiger partial charge in [0.25, 0.3) is 0 Å². The molecule has 4 heterocycles. The van der Waals surface area contributed by atoms with Gasteiger partial charge in [-0.1, -0.05) is 44.6 Å². The minimum absolute atomic E-state index is 0.0375. The Hall–Kier alpha value is -2.63. The highest BCUT2D eigenvalue weighted by Gasteiger charge is 2.43. The molecule has 2 aromatic heterocycles. The number of rotatable bonds is 7. The lowest BCUT2D eigenvalue weighted by atomic mass is 10.00. The summed E-state index contributed by atoms with van der Waals surface area (Å²) in [4.78, 5) is 7.51. The summed E-state index contributed by atoms with van der Waals surface area (Å²) in [6.45, 7) is 2.33. The maximum atomic E-state index is 13.1. The van der Waals surface area contributed by atoms with E-state index in [4.69, 9.17) is 14.2 Å². The lowest BCUT2D eigenvalue weighted by molar-refractivity contribution is -0.274. The molecule has 7 rings (SSSR count). The van der Waals surface area contributed by atoms with E-state index in [9.17, 15) is 13.2 Å². The molecule has 4 aromatic rings. The van der Waals surface area contributed by atoms with E-state index < -0.39 is 6.36 Å². The van der Waals surface area contributed by atoms with E-state index in [2.05, 4.69) is 49.8 Å². The average Bonchev–Trinajstić information content (AvgIpc) is 3.41. The molecule has 2 saturated heterocycles. The van der Waals surface area contributed by atoms with Crippen LogP contribution in [-0.2, 0) is 11.3 Å². The molecular weight excluding hydrogens is 607 g/mol. The van der Waals surface area contributed by atoms with Crippen LogP contribution in [0.25, 0.3) is 21.5 Å². The standard InChI is InChI=1S/C29H27BrF3N3O3S/c1-15-10-17(30)11-24-25(15)34-28(40-24)36-18-8-9-19(36)13-20(12-18)37-14-22-26(35-39-27(22)16-6-7-16)21-4-2-3-5-23(21)38-29(31,32)33/h2-5,10-11,16,18-20H,6-9,12-14H2,1H3/t18-,19+,20+. The van der Waals surface area contributed by atoms with E-state index in [-0.39, 0.29) is 29.9 Å². The minimum Gasteiger partial charge on any atom is -0.405 e. The molecule has 3 atom stereocenters. The molecule has 2 aliphatic heterocycles. The van der Waals surface area contributed by atoms with Gasteiger partial charge < -0.3 is 18.9 Å². The number of nitrogens with zero attached hydrogens (tertiary/aromatic N) is 3. The number of ether oxygens (including phenoxy) is 2. The second-order valence-corrected chi connectivity index (χ2v) is 12.9. The number of benzene rings is 2. The van der Waals surface area contributed by atoms with Gasteiger partial charge in [0.1, 0.15) is 17.2 Å². The van der Waals surface area contributed by atoms with Gasteiger partial charge in [0.05, 0.1) is 22.9 Å². The van der Waals surface area contributed by atoms with Crippen molar-refractivity contribution in [2.45, 2.75) is 82.5 Å². The van der Waals surface area contributed by atoms with Crippen molar-refractivity contribution in [3.05, 3.63) is 57.8 Å². The van der Waals surface area contributed by atoms with Crippen LogP contribution < -0.4 is 9.64 Å². The molecule has 1 saturated carbocycles. The van der Waals surface area contributed by atoms with Gasteiger partial charge in [-0.05, 0) is 75.3 Å². The van der Waals surface area contributed by atoms with E-state index in [1.165, 1.54) is 16.8 Å². The van der Waals surface area contributed by atoms with Gasteiger partial charge in [-0.3, -0.25) is 0 Å². The second-order valence-electron chi connectivity index (χ2n) is 11.0. The number of para-hydroxylation sites is 1. The number of hydrogen-bond donors (Lipinski definition) is 0. The number of hydrogen-bond acceptors (Lipinski definition) is 7. The number of halogens is 4. The number of thiazole rings is 1. The zero-order chi connectivity index (χ0) is 27.6. The Morgan fingerprint density at radius 3 is 2.58 bits per heavy atom. The van der Waals surface area contributed by atoms with Gasteiger partial charge in [-0.25, -0.2) is 4.98 Å². The highest BCUT2D eigenvalue weighted by atomic mass is 79.9. The van der Waals surface area contributed by atoms with Crippen molar-refractivity contribution in [1.82, 2.24) is 10.1 Å². The molecule has 3 fully saturated rings. The fourth-order valence-corrected chi connectivity index (χ4v) is 8.20. The smallest absolute Gasteiger partial charge is 0.405 e. The first-order valence-corrected chi connectivity index (χ1v) is 15.1. The van der Waals surface area contributed by atoms with Gasteiger partial charge in [-0.15, -0.1) is 13.2 Å². The Labute approximate surface area is 241 Å². The molecule has 1 aliphatic carbocycles. The third-order valence-electron chi connectivity index (χ3n) is 8.15. The molecule has 0 spiro atoms. The predicted molar refractivity (Wildman–Crippen MR) is 150 cm³/mol. The van der Waals surface area contributed by atoms with Crippen LogP contribution in [0.1, 0.15) is 61.3 Å². The number of alkyl halides is 3. The van der Waals surface area contributed by atoms with Gasteiger partial charge in [0.2, 0.25) is 0 Å². The van der Waals surface area contributed by atoms with Crippen LogP contribution in [0.4, 0.5) is 18.3 Å². The lowest BCUT2D eigenvalue weighted by Crippen LogP contribution is -2.45. The molecule has 3 aliphatic rings. The molecule has 210 valence electrons. The van der Waals surface area contributed by atoms with Crippen molar-refractivity contribution in [2.24, 2.45) is 0 Å². The fourth-order valence-electron chi connectivity index (χ4n) is 6.25. The summed E-state index contributed by atoms with van der Waals surface area (Å²) in [5, 5.41) is 5.28. The first-order valence-electron chi connectivity index (χ1n) is 13.5. The highest BCUT2D eigenvalue weighted by molar-refractivity contribution is 9.10. The molecular formula is C29H27BrF3N3O3S. The summed E-state index contributed by atoms with van der Waals surface area (Å²) >= 11 is 5.34. The van der Waals surface area contributed by atoms with Crippen LogP contribution in [0.5, 0.6) is 5.75 Å². The summed E-state index contributed by atoms with van der Waals surface area (Å²) in [6, 6.07) is 11.0. The number of piperidine rings is 1. The summed E-state index contributed by atoms with van der Waals surface area (Å²) in [7, 11) is 0. The minimum atomic E-state index is -4.80. The molecule has 0 amide bonds.